The van der Waals surface area contributed by atoms with Crippen LogP contribution in [0.4, 0.5) is 28.4 Å². The Hall–Kier alpha value is 0.399. The van der Waals surface area contributed by atoms with Crippen molar-refractivity contribution in [2.45, 2.75) is 0 Å². The summed E-state index contributed by atoms with van der Waals surface area (Å²) in [4.78, 5) is 0. The van der Waals surface area contributed by atoms with Gasteiger partial charge < -0.3 is 12.3 Å². The molecule has 0 spiro atoms. The molecule has 0 atom stereocenters. The van der Waals surface area contributed by atoms with Crippen molar-refractivity contribution >= 4 is 0 Å². The van der Waals surface area contributed by atoms with E-state index < -0.39 is 29.3 Å². The molecule has 0 fully saturated rings. The summed E-state index contributed by atoms with van der Waals surface area (Å²) < 4.78 is 78.6. The van der Waals surface area contributed by atoms with Crippen LogP contribution in [0.3, 0.4) is 0 Å². The first-order valence-electron chi connectivity index (χ1n) is 1.14. The predicted molar refractivity (Wildman–Crippen MR) is 20.8 cm³/mol. The molecule has 0 aromatic rings. The molecule has 2 nitrogen and oxygen atoms in total. The van der Waals surface area contributed by atoms with Crippen LogP contribution in [0.2, 0.25) is 0 Å². The smallest absolute Gasteiger partial charge is 0.369 e. The first-order chi connectivity index (χ1) is 4.00. The molecule has 0 aliphatic heterocycles. The molecule has 0 aromatic heterocycles. The number of hydrogen-bond acceptors (Lipinski definition) is 0. The van der Waals surface area contributed by atoms with Crippen molar-refractivity contribution < 1.29 is 57.7 Å². The fourth-order valence-electron chi connectivity index (χ4n) is 0. The second-order valence-corrected chi connectivity index (χ2v) is 2.67. The van der Waals surface area contributed by atoms with Gasteiger partial charge in [-0.25, -0.2) is 0 Å². The van der Waals surface area contributed by atoms with E-state index in [9.17, 15) is 28.4 Å². The molecule has 0 heterocycles. The molecule has 0 rings (SSSR count). The van der Waals surface area contributed by atoms with E-state index in [1.807, 2.05) is 0 Å². The Morgan fingerprint density at radius 2 is 0.417 bits per heavy atom. The second kappa shape index (κ2) is 8.02. The number of hydrogen-bond donors (Lipinski definition) is 2. The third-order valence-corrected chi connectivity index (χ3v) is 0. The van der Waals surface area contributed by atoms with Crippen LogP contribution in [-0.2, 0) is 29.3 Å². The Bertz CT molecular complexity index is 58.0. The van der Waals surface area contributed by atoms with Crippen LogP contribution in [0, 0.1) is 0 Å². The molecule has 0 saturated carbocycles. The number of quaternary nitrogens is 2. The summed E-state index contributed by atoms with van der Waals surface area (Å²) in [6.45, 7) is 0. The van der Waals surface area contributed by atoms with Gasteiger partial charge in [-0.3, -0.25) is 0 Å². The summed E-state index contributed by atoms with van der Waals surface area (Å²) in [5.41, 5.74) is 0. The summed E-state index contributed by atoms with van der Waals surface area (Å²) in [5, 5.41) is 0. The quantitative estimate of drug-likeness (QED) is 0.499. The van der Waals surface area contributed by atoms with Crippen molar-refractivity contribution in [1.82, 2.24) is 12.3 Å². The Kier molecular flexibility index (Phi) is 15.3. The Labute approximate surface area is 70.6 Å². The van der Waals surface area contributed by atoms with Crippen LogP contribution in [0.15, 0.2) is 0 Å². The Morgan fingerprint density at radius 1 is 0.417 bits per heavy atom. The molecule has 0 aliphatic carbocycles. The molecule has 0 unspecified atom stereocenters. The molecule has 0 saturated heterocycles. The van der Waals surface area contributed by atoms with Crippen LogP contribution in [-0.4, -0.2) is 0 Å². The molecule has 0 aliphatic rings. The van der Waals surface area contributed by atoms with Crippen molar-refractivity contribution in [3.63, 3.8) is 0 Å². The summed E-state index contributed by atoms with van der Waals surface area (Å²) >= 11 is -13.2. The standard InChI is InChI=1S/8FH.2Mn.2H3N/h8*1H;;;2*1H3/q;;;;;;;;2*+3;;/p-6. The molecule has 0 bridgehead atoms. The van der Waals surface area contributed by atoms with Gasteiger partial charge in [-0.1, -0.05) is 0 Å². The number of rotatable bonds is 0. The van der Waals surface area contributed by atoms with E-state index in [4.69, 9.17) is 0 Å². The van der Waals surface area contributed by atoms with Gasteiger partial charge in [0.25, 0.3) is 0 Å². The van der Waals surface area contributed by atoms with E-state index in [1.165, 1.54) is 0 Å². The van der Waals surface area contributed by atoms with E-state index in [1.54, 1.807) is 0 Å². The SMILES string of the molecule is [F][Mn-]([F])([F])[F].[F][Mn-]([F])([F])[F].[NH4+].[NH4+]. The van der Waals surface area contributed by atoms with Crippen LogP contribution in [0.25, 0.3) is 0 Å². The summed E-state index contributed by atoms with van der Waals surface area (Å²) in [7, 11) is 0. The molecule has 0 aromatic carbocycles. The number of halogens is 8. The van der Waals surface area contributed by atoms with Crippen molar-refractivity contribution in [1.29, 1.82) is 0 Å². The van der Waals surface area contributed by atoms with Crippen LogP contribution in [0.5, 0.6) is 0 Å². The monoisotopic (exact) mass is 298 g/mol. The van der Waals surface area contributed by atoms with Gasteiger partial charge in [-0.2, -0.15) is 0 Å². The molecular formula is H8F8Mn2N2. The minimum Gasteiger partial charge on any atom is -0.369 e. The molecule has 88 valence electrons. The van der Waals surface area contributed by atoms with E-state index in [0.29, 0.717) is 0 Å². The minimum absolute atomic E-state index is 0. The van der Waals surface area contributed by atoms with Gasteiger partial charge in [-0.15, -0.1) is 0 Å². The average Bonchev–Trinajstić information content (AvgIpc) is 1.12. The zero-order valence-electron chi connectivity index (χ0n) is 5.78. The summed E-state index contributed by atoms with van der Waals surface area (Å²) in [6, 6.07) is 0. The first kappa shape index (κ1) is 22.8. The topological polar surface area (TPSA) is 73.0 Å². The third kappa shape index (κ3) is 5770. The fourth-order valence-corrected chi connectivity index (χ4v) is 0. The first-order valence-corrected chi connectivity index (χ1v) is 4.71. The predicted octanol–water partition coefficient (Wildman–Crippen LogP) is 4.11. The molecular weight excluding hydrogens is 290 g/mol. The zero-order valence-corrected chi connectivity index (χ0v) is 8.14. The van der Waals surface area contributed by atoms with Crippen LogP contribution >= 0.6 is 0 Å². The Morgan fingerprint density at radius 3 is 0.417 bits per heavy atom. The zero-order chi connectivity index (χ0) is 9.00. The van der Waals surface area contributed by atoms with Gasteiger partial charge in [0.2, 0.25) is 0 Å². The van der Waals surface area contributed by atoms with Crippen LogP contribution in [0.1, 0.15) is 0 Å². The van der Waals surface area contributed by atoms with E-state index in [2.05, 4.69) is 0 Å². The second-order valence-electron chi connectivity index (χ2n) is 0.648. The van der Waals surface area contributed by atoms with Gasteiger partial charge in [0, 0.05) is 0 Å². The van der Waals surface area contributed by atoms with Crippen LogP contribution < -0.4 is 12.3 Å². The van der Waals surface area contributed by atoms with Gasteiger partial charge >= 0.3 is 57.7 Å². The van der Waals surface area contributed by atoms with Crippen molar-refractivity contribution in [3.8, 4) is 0 Å². The molecule has 12 heteroatoms. The summed E-state index contributed by atoms with van der Waals surface area (Å²) in [6.07, 6.45) is 0. The van der Waals surface area contributed by atoms with Crippen molar-refractivity contribution in [2.24, 2.45) is 0 Å². The van der Waals surface area contributed by atoms with Gasteiger partial charge in [0.1, 0.15) is 0 Å². The minimum atomic E-state index is -6.62. The van der Waals surface area contributed by atoms with Crippen molar-refractivity contribution in [2.75, 3.05) is 0 Å². The maximum atomic E-state index is 9.83. The maximum Gasteiger partial charge on any atom is -0.369 e. The van der Waals surface area contributed by atoms with Crippen molar-refractivity contribution in [3.05, 3.63) is 0 Å². The van der Waals surface area contributed by atoms with E-state index in [0.717, 1.165) is 0 Å². The fraction of sp³-hybridized carbons (Fsp3) is 0. The average molecular weight is 298 g/mol. The Balaban J connectivity index is -0.0000000457. The largest absolute Gasteiger partial charge is 0.369 e. The van der Waals surface area contributed by atoms with Gasteiger partial charge in [0.15, 0.2) is 0 Å². The molecule has 8 N–H and O–H groups in total. The van der Waals surface area contributed by atoms with E-state index in [-0.39, 0.29) is 12.3 Å². The van der Waals surface area contributed by atoms with Gasteiger partial charge in [0.05, 0.1) is 0 Å². The molecule has 0 radical (unpaired) electrons. The van der Waals surface area contributed by atoms with Gasteiger partial charge in [-0.05, 0) is 0 Å². The van der Waals surface area contributed by atoms with E-state index >= 15 is 0 Å². The summed E-state index contributed by atoms with van der Waals surface area (Å²) in [5.74, 6) is 0. The normalized spacial score (nSPS) is 12.7. The molecule has 0 amide bonds. The maximum absolute atomic E-state index is 9.83. The molecule has 12 heavy (non-hydrogen) atoms. The third-order valence-electron chi connectivity index (χ3n) is 0.